The van der Waals surface area contributed by atoms with Crippen molar-refractivity contribution in [2.45, 2.75) is 0 Å². The number of aliphatic imine (C=N–C) groups is 1. The summed E-state index contributed by atoms with van der Waals surface area (Å²) in [7, 11) is 2.85. The summed E-state index contributed by atoms with van der Waals surface area (Å²) in [5, 5.41) is 19.7. The number of hydrogen-bond acceptors (Lipinski definition) is 6. The maximum Gasteiger partial charge on any atom is 0.200 e. The Kier molecular flexibility index (Phi) is 5.65. The van der Waals surface area contributed by atoms with Gasteiger partial charge < -0.3 is 19.7 Å². The minimum Gasteiger partial charge on any atom is -0.504 e. The molecule has 0 aliphatic heterocycles. The van der Waals surface area contributed by atoms with Crippen LogP contribution in [0, 0.1) is 0 Å². The fraction of sp³-hybridized carbons (Fsp3) is 0.176. The van der Waals surface area contributed by atoms with E-state index in [0.29, 0.717) is 16.3 Å². The summed E-state index contributed by atoms with van der Waals surface area (Å²) < 4.78 is 10.1. The van der Waals surface area contributed by atoms with Crippen molar-refractivity contribution < 1.29 is 24.5 Å². The van der Waals surface area contributed by atoms with Crippen molar-refractivity contribution in [2.24, 2.45) is 4.99 Å². The zero-order valence-electron chi connectivity index (χ0n) is 13.1. The number of Topliss-reactive ketones (excluding diaryl/α,β-unsaturated/α-hetero) is 1. The van der Waals surface area contributed by atoms with E-state index in [1.165, 1.54) is 26.5 Å². The molecule has 2 rings (SSSR count). The molecule has 0 heterocycles. The zero-order valence-corrected chi connectivity index (χ0v) is 13.9. The minimum absolute atomic E-state index is 0.0128. The molecule has 0 amide bonds. The summed E-state index contributed by atoms with van der Waals surface area (Å²) in [5.41, 5.74) is 0.821. The van der Waals surface area contributed by atoms with Crippen LogP contribution in [-0.2, 0) is 0 Å². The van der Waals surface area contributed by atoms with Crippen LogP contribution in [0.15, 0.2) is 35.3 Å². The predicted octanol–water partition coefficient (Wildman–Crippen LogP) is 3.07. The smallest absolute Gasteiger partial charge is 0.200 e. The molecule has 2 aromatic rings. The lowest BCUT2D eigenvalue weighted by molar-refractivity contribution is 0.100. The van der Waals surface area contributed by atoms with Crippen molar-refractivity contribution in [1.29, 1.82) is 0 Å². The molecule has 0 spiro atoms. The Balaban J connectivity index is 2.16. The van der Waals surface area contributed by atoms with Crippen LogP contribution < -0.4 is 9.47 Å². The third kappa shape index (κ3) is 3.97. The number of rotatable bonds is 6. The molecule has 7 heteroatoms. The van der Waals surface area contributed by atoms with E-state index in [0.717, 1.165) is 6.07 Å². The summed E-state index contributed by atoms with van der Waals surface area (Å²) in [6, 6.07) is 7.56. The summed E-state index contributed by atoms with van der Waals surface area (Å²) in [6.07, 6.45) is 1.49. The maximum atomic E-state index is 12.2. The first-order valence-electron chi connectivity index (χ1n) is 6.92. The normalized spacial score (nSPS) is 10.8. The second-order valence-corrected chi connectivity index (χ2v) is 5.26. The molecule has 0 aromatic heterocycles. The number of phenolic OH excluding ortho intramolecular Hbond substituents is 2. The fourth-order valence-electron chi connectivity index (χ4n) is 2.03. The zero-order chi connectivity index (χ0) is 17.7. The van der Waals surface area contributed by atoms with Gasteiger partial charge in [0, 0.05) is 22.4 Å². The Labute approximate surface area is 143 Å². The van der Waals surface area contributed by atoms with E-state index in [1.54, 1.807) is 18.2 Å². The average molecular weight is 350 g/mol. The molecule has 0 aliphatic carbocycles. The number of benzene rings is 2. The van der Waals surface area contributed by atoms with Gasteiger partial charge in [-0.2, -0.15) is 0 Å². The van der Waals surface area contributed by atoms with Crippen LogP contribution in [0.25, 0.3) is 0 Å². The van der Waals surface area contributed by atoms with Crippen molar-refractivity contribution in [1.82, 2.24) is 0 Å². The largest absolute Gasteiger partial charge is 0.504 e. The van der Waals surface area contributed by atoms with Gasteiger partial charge in [0.15, 0.2) is 17.3 Å². The molecule has 0 aliphatic rings. The monoisotopic (exact) mass is 349 g/mol. The fourth-order valence-corrected chi connectivity index (χ4v) is 2.21. The number of ketones is 1. The molecule has 0 bridgehead atoms. The molecule has 0 saturated heterocycles. The molecule has 126 valence electrons. The van der Waals surface area contributed by atoms with Gasteiger partial charge in [0.2, 0.25) is 5.75 Å². The Hall–Kier alpha value is -2.73. The highest BCUT2D eigenvalue weighted by Crippen LogP contribution is 2.36. The van der Waals surface area contributed by atoms with E-state index in [9.17, 15) is 15.0 Å². The summed E-state index contributed by atoms with van der Waals surface area (Å²) in [6.45, 7) is -0.150. The first-order valence-corrected chi connectivity index (χ1v) is 7.30. The van der Waals surface area contributed by atoms with E-state index in [-0.39, 0.29) is 23.6 Å². The SMILES string of the molecule is COc1ccc(Cl)cc1C=NCC(=O)c1cc(O)c(O)c(OC)c1. The Morgan fingerprint density at radius 2 is 1.88 bits per heavy atom. The molecular weight excluding hydrogens is 334 g/mol. The van der Waals surface area contributed by atoms with E-state index >= 15 is 0 Å². The van der Waals surface area contributed by atoms with Crippen molar-refractivity contribution in [2.75, 3.05) is 20.8 Å². The van der Waals surface area contributed by atoms with Crippen molar-refractivity contribution in [3.63, 3.8) is 0 Å². The summed E-state index contributed by atoms with van der Waals surface area (Å²) >= 11 is 5.93. The molecule has 0 unspecified atom stereocenters. The molecule has 0 fully saturated rings. The molecule has 6 nitrogen and oxygen atoms in total. The van der Waals surface area contributed by atoms with Crippen LogP contribution in [0.1, 0.15) is 15.9 Å². The highest BCUT2D eigenvalue weighted by atomic mass is 35.5. The molecule has 0 saturated carbocycles. The number of carbonyl (C=O) groups is 1. The number of ether oxygens (including phenoxy) is 2. The quantitative estimate of drug-likeness (QED) is 0.475. The molecular formula is C17H16ClNO5. The Bertz CT molecular complexity index is 789. The molecule has 2 N–H and O–H groups in total. The van der Waals surface area contributed by atoms with E-state index < -0.39 is 11.5 Å². The lowest BCUT2D eigenvalue weighted by atomic mass is 10.1. The molecule has 0 radical (unpaired) electrons. The number of halogens is 1. The van der Waals surface area contributed by atoms with Gasteiger partial charge >= 0.3 is 0 Å². The van der Waals surface area contributed by atoms with Gasteiger partial charge in [0.05, 0.1) is 14.2 Å². The van der Waals surface area contributed by atoms with Gasteiger partial charge in [-0.3, -0.25) is 9.79 Å². The highest BCUT2D eigenvalue weighted by Gasteiger charge is 2.14. The first-order chi connectivity index (χ1) is 11.5. The third-order valence-corrected chi connectivity index (χ3v) is 3.49. The topological polar surface area (TPSA) is 88.4 Å². The van der Waals surface area contributed by atoms with Crippen LogP contribution in [-0.4, -0.2) is 43.0 Å². The van der Waals surface area contributed by atoms with Crippen molar-refractivity contribution in [3.8, 4) is 23.0 Å². The Morgan fingerprint density at radius 1 is 1.17 bits per heavy atom. The van der Waals surface area contributed by atoms with Crippen LogP contribution in [0.2, 0.25) is 5.02 Å². The number of aromatic hydroxyl groups is 2. The molecule has 2 aromatic carbocycles. The summed E-state index contributed by atoms with van der Waals surface area (Å²) in [5.74, 6) is -0.598. The Morgan fingerprint density at radius 3 is 2.54 bits per heavy atom. The number of methoxy groups -OCH3 is 2. The standard InChI is InChI=1S/C17H16ClNO5/c1-23-15-4-3-12(18)5-11(15)8-19-9-14(21)10-6-13(20)17(22)16(7-10)24-2/h3-8,20,22H,9H2,1-2H3. The second kappa shape index (κ2) is 7.70. The van der Waals surface area contributed by atoms with Gasteiger partial charge in [-0.05, 0) is 30.3 Å². The highest BCUT2D eigenvalue weighted by molar-refractivity contribution is 6.30. The first kappa shape index (κ1) is 17.6. The predicted molar refractivity (Wildman–Crippen MR) is 91.1 cm³/mol. The van der Waals surface area contributed by atoms with Gasteiger partial charge in [0.25, 0.3) is 0 Å². The van der Waals surface area contributed by atoms with Crippen molar-refractivity contribution >= 4 is 23.6 Å². The number of phenols is 2. The summed E-state index contributed by atoms with van der Waals surface area (Å²) in [4.78, 5) is 16.2. The van der Waals surface area contributed by atoms with Crippen LogP contribution in [0.3, 0.4) is 0 Å². The van der Waals surface area contributed by atoms with E-state index in [1.807, 2.05) is 0 Å². The lowest BCUT2D eigenvalue weighted by Gasteiger charge is -2.07. The van der Waals surface area contributed by atoms with E-state index in [4.69, 9.17) is 21.1 Å². The molecule has 24 heavy (non-hydrogen) atoms. The van der Waals surface area contributed by atoms with Crippen molar-refractivity contribution in [3.05, 3.63) is 46.5 Å². The minimum atomic E-state index is -0.432. The van der Waals surface area contributed by atoms with Crippen LogP contribution in [0.5, 0.6) is 23.0 Å². The average Bonchev–Trinajstić information content (AvgIpc) is 2.57. The third-order valence-electron chi connectivity index (χ3n) is 3.25. The number of nitrogens with zero attached hydrogens (tertiary/aromatic N) is 1. The number of carbonyl (C=O) groups excluding carboxylic acids is 1. The lowest BCUT2D eigenvalue weighted by Crippen LogP contribution is -2.04. The number of hydrogen-bond donors (Lipinski definition) is 2. The van der Waals surface area contributed by atoms with Gasteiger partial charge in [-0.25, -0.2) is 0 Å². The maximum absolute atomic E-state index is 12.2. The van der Waals surface area contributed by atoms with Gasteiger partial charge in [-0.15, -0.1) is 0 Å². The van der Waals surface area contributed by atoms with Gasteiger partial charge in [-0.1, -0.05) is 11.6 Å². The van der Waals surface area contributed by atoms with Gasteiger partial charge in [0.1, 0.15) is 12.3 Å². The van der Waals surface area contributed by atoms with E-state index in [2.05, 4.69) is 4.99 Å². The van der Waals surface area contributed by atoms with Crippen LogP contribution >= 0.6 is 11.6 Å². The molecule has 0 atom stereocenters. The van der Waals surface area contributed by atoms with Crippen LogP contribution in [0.4, 0.5) is 0 Å². The second-order valence-electron chi connectivity index (χ2n) is 4.83.